The Labute approximate surface area is 88.5 Å². The Bertz CT molecular complexity index is 194. The van der Waals surface area contributed by atoms with E-state index >= 15 is 0 Å². The molecule has 1 saturated carbocycles. The minimum Gasteiger partial charge on any atom is -0.198 e. The SMILES string of the molecule is CCCC(C)C1(C#N)CCCCCC1. The van der Waals surface area contributed by atoms with Gasteiger partial charge < -0.3 is 0 Å². The molecule has 0 radical (unpaired) electrons. The molecule has 14 heavy (non-hydrogen) atoms. The average Bonchev–Trinajstić information content (AvgIpc) is 2.44. The summed E-state index contributed by atoms with van der Waals surface area (Å²) in [7, 11) is 0. The zero-order chi connectivity index (χ0) is 10.4. The number of hydrogen-bond acceptors (Lipinski definition) is 1. The fourth-order valence-corrected chi connectivity index (χ4v) is 2.78. The predicted molar refractivity (Wildman–Crippen MR) is 59.8 cm³/mol. The summed E-state index contributed by atoms with van der Waals surface area (Å²) in [6, 6.07) is 2.64. The van der Waals surface area contributed by atoms with Crippen LogP contribution in [0.2, 0.25) is 0 Å². The van der Waals surface area contributed by atoms with Crippen LogP contribution in [0.5, 0.6) is 0 Å². The van der Waals surface area contributed by atoms with Gasteiger partial charge in [-0.2, -0.15) is 5.26 Å². The van der Waals surface area contributed by atoms with Crippen LogP contribution in [-0.2, 0) is 0 Å². The molecular formula is C13H23N. The van der Waals surface area contributed by atoms with Crippen LogP contribution in [0.1, 0.15) is 65.2 Å². The van der Waals surface area contributed by atoms with Crippen LogP contribution < -0.4 is 0 Å². The highest BCUT2D eigenvalue weighted by Gasteiger charge is 2.35. The highest BCUT2D eigenvalue weighted by Crippen LogP contribution is 2.42. The fourth-order valence-electron chi connectivity index (χ4n) is 2.78. The third kappa shape index (κ3) is 2.50. The van der Waals surface area contributed by atoms with Crippen molar-refractivity contribution in [2.24, 2.45) is 11.3 Å². The van der Waals surface area contributed by atoms with E-state index in [1.807, 2.05) is 0 Å². The molecule has 0 saturated heterocycles. The average molecular weight is 193 g/mol. The highest BCUT2D eigenvalue weighted by molar-refractivity contribution is 5.02. The molecule has 1 fully saturated rings. The fraction of sp³-hybridized carbons (Fsp3) is 0.923. The monoisotopic (exact) mass is 193 g/mol. The van der Waals surface area contributed by atoms with Crippen LogP contribution in [0.4, 0.5) is 0 Å². The Morgan fingerprint density at radius 2 is 1.79 bits per heavy atom. The number of hydrogen-bond donors (Lipinski definition) is 0. The van der Waals surface area contributed by atoms with E-state index in [9.17, 15) is 5.26 Å². The largest absolute Gasteiger partial charge is 0.198 e. The van der Waals surface area contributed by atoms with E-state index in [0.717, 1.165) is 12.8 Å². The molecular weight excluding hydrogens is 170 g/mol. The Morgan fingerprint density at radius 1 is 1.21 bits per heavy atom. The molecule has 1 atom stereocenters. The molecule has 80 valence electrons. The second-order valence-corrected chi connectivity index (χ2v) is 4.87. The van der Waals surface area contributed by atoms with E-state index in [-0.39, 0.29) is 5.41 Å². The van der Waals surface area contributed by atoms with Gasteiger partial charge in [-0.15, -0.1) is 0 Å². The normalized spacial score (nSPS) is 23.5. The first kappa shape index (κ1) is 11.6. The smallest absolute Gasteiger partial charge is 0.0692 e. The summed E-state index contributed by atoms with van der Waals surface area (Å²) in [5, 5.41) is 9.41. The van der Waals surface area contributed by atoms with Crippen molar-refractivity contribution in [2.75, 3.05) is 0 Å². The molecule has 0 amide bonds. The van der Waals surface area contributed by atoms with E-state index in [0.29, 0.717) is 5.92 Å². The first-order chi connectivity index (χ1) is 6.75. The first-order valence-electron chi connectivity index (χ1n) is 6.16. The molecule has 1 unspecified atom stereocenters. The molecule has 0 aliphatic heterocycles. The molecule has 0 aromatic heterocycles. The van der Waals surface area contributed by atoms with Gasteiger partial charge in [0, 0.05) is 0 Å². The van der Waals surface area contributed by atoms with Crippen molar-refractivity contribution in [3.63, 3.8) is 0 Å². The standard InChI is InChI=1S/C13H23N/c1-3-8-12(2)13(11-14)9-6-4-5-7-10-13/h12H,3-10H2,1-2H3. The number of nitrogens with zero attached hydrogens (tertiary/aromatic N) is 1. The third-order valence-electron chi connectivity index (χ3n) is 3.88. The van der Waals surface area contributed by atoms with Gasteiger partial charge in [-0.3, -0.25) is 0 Å². The number of nitriles is 1. The minimum atomic E-state index is 0.0203. The second-order valence-electron chi connectivity index (χ2n) is 4.87. The lowest BCUT2D eigenvalue weighted by Crippen LogP contribution is -2.26. The molecule has 0 aromatic carbocycles. The maximum atomic E-state index is 9.41. The summed E-state index contributed by atoms with van der Waals surface area (Å²) in [6.45, 7) is 4.50. The van der Waals surface area contributed by atoms with Gasteiger partial charge in [0.25, 0.3) is 0 Å². The zero-order valence-electron chi connectivity index (χ0n) is 9.68. The molecule has 0 heterocycles. The molecule has 1 aliphatic carbocycles. The topological polar surface area (TPSA) is 23.8 Å². The molecule has 0 spiro atoms. The molecule has 1 aliphatic rings. The van der Waals surface area contributed by atoms with Crippen molar-refractivity contribution >= 4 is 0 Å². The van der Waals surface area contributed by atoms with Gasteiger partial charge in [0.1, 0.15) is 0 Å². The van der Waals surface area contributed by atoms with Crippen LogP contribution in [-0.4, -0.2) is 0 Å². The van der Waals surface area contributed by atoms with Gasteiger partial charge in [-0.25, -0.2) is 0 Å². The summed E-state index contributed by atoms with van der Waals surface area (Å²) in [5.41, 5.74) is 0.0203. The van der Waals surface area contributed by atoms with Gasteiger partial charge in [-0.1, -0.05) is 46.0 Å². The van der Waals surface area contributed by atoms with Gasteiger partial charge in [-0.05, 0) is 25.2 Å². The molecule has 0 N–H and O–H groups in total. The van der Waals surface area contributed by atoms with Crippen molar-refractivity contribution in [1.29, 1.82) is 5.26 Å². The van der Waals surface area contributed by atoms with Crippen molar-refractivity contribution in [3.8, 4) is 6.07 Å². The Kier molecular flexibility index (Phi) is 4.45. The number of rotatable bonds is 3. The van der Waals surface area contributed by atoms with Crippen molar-refractivity contribution in [3.05, 3.63) is 0 Å². The van der Waals surface area contributed by atoms with Gasteiger partial charge in [0.15, 0.2) is 0 Å². The summed E-state index contributed by atoms with van der Waals surface area (Å²) >= 11 is 0. The summed E-state index contributed by atoms with van der Waals surface area (Å²) in [5.74, 6) is 0.593. The second kappa shape index (κ2) is 5.39. The van der Waals surface area contributed by atoms with Crippen LogP contribution >= 0.6 is 0 Å². The van der Waals surface area contributed by atoms with Crippen molar-refractivity contribution < 1.29 is 0 Å². The van der Waals surface area contributed by atoms with Crippen LogP contribution in [0.25, 0.3) is 0 Å². The Morgan fingerprint density at radius 3 is 2.21 bits per heavy atom. The summed E-state index contributed by atoms with van der Waals surface area (Å²) < 4.78 is 0. The van der Waals surface area contributed by atoms with E-state index in [2.05, 4.69) is 19.9 Å². The lowest BCUT2D eigenvalue weighted by molar-refractivity contribution is 0.210. The molecule has 0 bridgehead atoms. The van der Waals surface area contributed by atoms with Crippen molar-refractivity contribution in [1.82, 2.24) is 0 Å². The van der Waals surface area contributed by atoms with Crippen molar-refractivity contribution in [2.45, 2.75) is 65.2 Å². The Balaban J connectivity index is 2.67. The molecule has 0 aromatic rings. The maximum Gasteiger partial charge on any atom is 0.0692 e. The van der Waals surface area contributed by atoms with Crippen LogP contribution in [0.15, 0.2) is 0 Å². The van der Waals surface area contributed by atoms with Crippen LogP contribution in [0, 0.1) is 22.7 Å². The highest BCUT2D eigenvalue weighted by atomic mass is 14.4. The van der Waals surface area contributed by atoms with E-state index in [4.69, 9.17) is 0 Å². The van der Waals surface area contributed by atoms with E-state index in [1.54, 1.807) is 0 Å². The van der Waals surface area contributed by atoms with Crippen LogP contribution in [0.3, 0.4) is 0 Å². The molecule has 1 rings (SSSR count). The summed E-state index contributed by atoms with van der Waals surface area (Å²) in [4.78, 5) is 0. The molecule has 1 heteroatoms. The third-order valence-corrected chi connectivity index (χ3v) is 3.88. The van der Waals surface area contributed by atoms with E-state index < -0.39 is 0 Å². The lowest BCUT2D eigenvalue weighted by Gasteiger charge is -2.31. The maximum absolute atomic E-state index is 9.41. The first-order valence-corrected chi connectivity index (χ1v) is 6.16. The quantitative estimate of drug-likeness (QED) is 0.613. The Hall–Kier alpha value is -0.510. The lowest BCUT2D eigenvalue weighted by atomic mass is 9.70. The van der Waals surface area contributed by atoms with Gasteiger partial charge in [0.2, 0.25) is 0 Å². The predicted octanol–water partition coefficient (Wildman–Crippen LogP) is 4.29. The van der Waals surface area contributed by atoms with Gasteiger partial charge in [0.05, 0.1) is 11.5 Å². The molecule has 1 nitrogen and oxygen atoms in total. The summed E-state index contributed by atoms with van der Waals surface area (Å²) in [6.07, 6.45) is 9.92. The van der Waals surface area contributed by atoms with Gasteiger partial charge >= 0.3 is 0 Å². The van der Waals surface area contributed by atoms with E-state index in [1.165, 1.54) is 38.5 Å². The zero-order valence-corrected chi connectivity index (χ0v) is 9.68. The minimum absolute atomic E-state index is 0.0203.